The van der Waals surface area contributed by atoms with E-state index in [1.54, 1.807) is 42.5 Å². The number of carbonyl (C=O) groups excluding carboxylic acids is 1. The van der Waals surface area contributed by atoms with Gasteiger partial charge in [-0.2, -0.15) is 0 Å². The van der Waals surface area contributed by atoms with Crippen molar-refractivity contribution in [3.8, 4) is 0 Å². The largest absolute Gasteiger partial charge is 0.419 e. The lowest BCUT2D eigenvalue weighted by molar-refractivity contribution is -0.116. The zero-order valence-electron chi connectivity index (χ0n) is 11.8. The quantitative estimate of drug-likeness (QED) is 0.722. The van der Waals surface area contributed by atoms with E-state index in [1.807, 2.05) is 6.07 Å². The maximum absolute atomic E-state index is 12.0. The molecule has 3 aromatic rings. The number of aryl methyl sites for hydroxylation is 1. The summed E-state index contributed by atoms with van der Waals surface area (Å²) in [5, 5.41) is 2.75. The summed E-state index contributed by atoms with van der Waals surface area (Å²) < 4.78 is 6.58. The molecule has 0 spiro atoms. The van der Waals surface area contributed by atoms with Crippen LogP contribution in [0.15, 0.2) is 57.7 Å². The van der Waals surface area contributed by atoms with Gasteiger partial charge in [-0.3, -0.25) is 9.36 Å². The van der Waals surface area contributed by atoms with Gasteiger partial charge in [-0.05, 0) is 30.3 Å². The van der Waals surface area contributed by atoms with Gasteiger partial charge in [-0.15, -0.1) is 0 Å². The first-order chi connectivity index (χ1) is 10.6. The Balaban J connectivity index is 1.70. The number of anilines is 2. The zero-order valence-corrected chi connectivity index (χ0v) is 11.8. The normalized spacial score (nSPS) is 10.7. The van der Waals surface area contributed by atoms with Gasteiger partial charge in [0.2, 0.25) is 5.91 Å². The van der Waals surface area contributed by atoms with E-state index in [2.05, 4.69) is 5.32 Å². The summed E-state index contributed by atoms with van der Waals surface area (Å²) >= 11 is 0. The molecule has 0 aliphatic heterocycles. The van der Waals surface area contributed by atoms with Gasteiger partial charge in [0.1, 0.15) is 0 Å². The molecule has 0 bridgehead atoms. The van der Waals surface area contributed by atoms with Crippen LogP contribution < -0.4 is 16.8 Å². The van der Waals surface area contributed by atoms with Crippen molar-refractivity contribution in [1.29, 1.82) is 0 Å². The molecule has 0 saturated carbocycles. The number of amides is 1. The number of benzene rings is 2. The summed E-state index contributed by atoms with van der Waals surface area (Å²) in [5.41, 5.74) is 8.07. The van der Waals surface area contributed by atoms with Gasteiger partial charge in [-0.1, -0.05) is 18.2 Å². The van der Waals surface area contributed by atoms with E-state index in [-0.39, 0.29) is 18.9 Å². The standard InChI is InChI=1S/C16H15N3O3/c17-11-4-3-5-12(10-11)18-15(20)8-9-19-13-6-1-2-7-14(13)22-16(19)21/h1-7,10H,8-9,17H2,(H,18,20). The molecule has 0 unspecified atom stereocenters. The number of aromatic nitrogens is 1. The first-order valence-electron chi connectivity index (χ1n) is 6.87. The first kappa shape index (κ1) is 13.9. The molecule has 0 saturated heterocycles. The van der Waals surface area contributed by atoms with Crippen LogP contribution in [0.5, 0.6) is 0 Å². The molecule has 0 atom stereocenters. The molecule has 2 aromatic carbocycles. The fraction of sp³-hybridized carbons (Fsp3) is 0.125. The van der Waals surface area contributed by atoms with Crippen molar-refractivity contribution in [3.05, 3.63) is 59.1 Å². The molecule has 1 amide bonds. The second-order valence-corrected chi connectivity index (χ2v) is 4.91. The number of rotatable bonds is 4. The number of nitrogens with one attached hydrogen (secondary N) is 1. The fourth-order valence-corrected chi connectivity index (χ4v) is 2.28. The van der Waals surface area contributed by atoms with Gasteiger partial charge in [0, 0.05) is 24.3 Å². The Labute approximate surface area is 126 Å². The molecule has 3 rings (SSSR count). The zero-order chi connectivity index (χ0) is 15.5. The van der Waals surface area contributed by atoms with Gasteiger partial charge in [0.15, 0.2) is 5.58 Å². The van der Waals surface area contributed by atoms with Gasteiger partial charge < -0.3 is 15.5 Å². The van der Waals surface area contributed by atoms with Gasteiger partial charge in [0.25, 0.3) is 0 Å². The SMILES string of the molecule is Nc1cccc(NC(=O)CCn2c(=O)oc3ccccc32)c1. The molecule has 3 N–H and O–H groups in total. The number of para-hydroxylation sites is 2. The van der Waals surface area contributed by atoms with Crippen LogP contribution in [0, 0.1) is 0 Å². The van der Waals surface area contributed by atoms with Crippen molar-refractivity contribution in [2.75, 3.05) is 11.1 Å². The minimum absolute atomic E-state index is 0.165. The highest BCUT2D eigenvalue weighted by Gasteiger charge is 2.10. The minimum Gasteiger partial charge on any atom is -0.408 e. The molecule has 6 heteroatoms. The molecule has 1 heterocycles. The number of nitrogens with two attached hydrogens (primary N) is 1. The van der Waals surface area contributed by atoms with Crippen molar-refractivity contribution >= 4 is 28.4 Å². The molecule has 0 aliphatic rings. The van der Waals surface area contributed by atoms with Crippen LogP contribution in [0.1, 0.15) is 6.42 Å². The number of nitrogens with zero attached hydrogens (tertiary/aromatic N) is 1. The van der Waals surface area contributed by atoms with E-state index in [9.17, 15) is 9.59 Å². The Morgan fingerprint density at radius 1 is 1.18 bits per heavy atom. The van der Waals surface area contributed by atoms with Crippen molar-refractivity contribution in [2.24, 2.45) is 0 Å². The number of nitrogen functional groups attached to an aromatic ring is 1. The van der Waals surface area contributed by atoms with Gasteiger partial charge >= 0.3 is 5.76 Å². The topological polar surface area (TPSA) is 90.3 Å². The smallest absolute Gasteiger partial charge is 0.408 e. The Hall–Kier alpha value is -3.02. The number of hydrogen-bond acceptors (Lipinski definition) is 4. The highest BCUT2D eigenvalue weighted by Crippen LogP contribution is 2.14. The molecular formula is C16H15N3O3. The molecule has 1 aromatic heterocycles. The lowest BCUT2D eigenvalue weighted by atomic mass is 10.2. The second-order valence-electron chi connectivity index (χ2n) is 4.91. The molecule has 0 fully saturated rings. The van der Waals surface area contributed by atoms with Crippen molar-refractivity contribution in [1.82, 2.24) is 4.57 Å². The second kappa shape index (κ2) is 5.77. The van der Waals surface area contributed by atoms with Crippen LogP contribution in [0.25, 0.3) is 11.1 Å². The summed E-state index contributed by atoms with van der Waals surface area (Å²) in [7, 11) is 0. The third kappa shape index (κ3) is 2.85. The van der Waals surface area contributed by atoms with E-state index in [0.29, 0.717) is 22.5 Å². The summed E-state index contributed by atoms with van der Waals surface area (Å²) in [4.78, 5) is 23.8. The third-order valence-electron chi connectivity index (χ3n) is 3.31. The number of hydrogen-bond donors (Lipinski definition) is 2. The van der Waals surface area contributed by atoms with Crippen LogP contribution in [0.2, 0.25) is 0 Å². The van der Waals surface area contributed by atoms with Crippen LogP contribution in [0.3, 0.4) is 0 Å². The van der Waals surface area contributed by atoms with E-state index < -0.39 is 5.76 Å². The highest BCUT2D eigenvalue weighted by molar-refractivity contribution is 5.91. The molecule has 22 heavy (non-hydrogen) atoms. The summed E-state index contributed by atoms with van der Waals surface area (Å²) in [5.74, 6) is -0.652. The van der Waals surface area contributed by atoms with Crippen LogP contribution in [0.4, 0.5) is 11.4 Å². The number of carbonyl (C=O) groups is 1. The minimum atomic E-state index is -0.460. The Morgan fingerprint density at radius 3 is 2.82 bits per heavy atom. The molecule has 0 radical (unpaired) electrons. The maximum atomic E-state index is 12.0. The van der Waals surface area contributed by atoms with Crippen LogP contribution in [-0.4, -0.2) is 10.5 Å². The molecular weight excluding hydrogens is 282 g/mol. The van der Waals surface area contributed by atoms with Crippen LogP contribution in [-0.2, 0) is 11.3 Å². The van der Waals surface area contributed by atoms with E-state index in [1.165, 1.54) is 4.57 Å². The molecule has 0 aliphatic carbocycles. The first-order valence-corrected chi connectivity index (χ1v) is 6.87. The average Bonchev–Trinajstić information content (AvgIpc) is 2.80. The predicted octanol–water partition coefficient (Wildman–Crippen LogP) is 2.21. The maximum Gasteiger partial charge on any atom is 0.419 e. The lowest BCUT2D eigenvalue weighted by Crippen LogP contribution is -2.19. The highest BCUT2D eigenvalue weighted by atomic mass is 16.4. The van der Waals surface area contributed by atoms with Gasteiger partial charge in [0.05, 0.1) is 5.52 Å². The Kier molecular flexibility index (Phi) is 3.65. The summed E-state index contributed by atoms with van der Waals surface area (Å²) in [6.07, 6.45) is 0.165. The fourth-order valence-electron chi connectivity index (χ4n) is 2.28. The van der Waals surface area contributed by atoms with E-state index in [0.717, 1.165) is 0 Å². The lowest BCUT2D eigenvalue weighted by Gasteiger charge is -2.06. The summed E-state index contributed by atoms with van der Waals surface area (Å²) in [6.45, 7) is 0.254. The summed E-state index contributed by atoms with van der Waals surface area (Å²) in [6, 6.07) is 14.1. The predicted molar refractivity (Wildman–Crippen MR) is 84.6 cm³/mol. The van der Waals surface area contributed by atoms with Crippen molar-refractivity contribution in [2.45, 2.75) is 13.0 Å². The Morgan fingerprint density at radius 2 is 2.00 bits per heavy atom. The van der Waals surface area contributed by atoms with E-state index in [4.69, 9.17) is 10.2 Å². The molecule has 6 nitrogen and oxygen atoms in total. The third-order valence-corrected chi connectivity index (χ3v) is 3.31. The van der Waals surface area contributed by atoms with Gasteiger partial charge in [-0.25, -0.2) is 4.79 Å². The number of fused-ring (bicyclic) bond motifs is 1. The van der Waals surface area contributed by atoms with Crippen molar-refractivity contribution in [3.63, 3.8) is 0 Å². The average molecular weight is 297 g/mol. The van der Waals surface area contributed by atoms with Crippen LogP contribution >= 0.6 is 0 Å². The monoisotopic (exact) mass is 297 g/mol. The van der Waals surface area contributed by atoms with E-state index >= 15 is 0 Å². The van der Waals surface area contributed by atoms with Crippen molar-refractivity contribution < 1.29 is 9.21 Å². The Bertz CT molecular complexity index is 879. The molecule has 112 valence electrons. The number of oxazole rings is 1.